The zero-order valence-electron chi connectivity index (χ0n) is 11.4. The first-order valence-corrected chi connectivity index (χ1v) is 6.75. The van der Waals surface area contributed by atoms with Crippen LogP contribution in [0.15, 0.2) is 66.9 Å². The van der Waals surface area contributed by atoms with Crippen LogP contribution in [0.4, 0.5) is 11.4 Å². The Morgan fingerprint density at radius 2 is 1.76 bits per heavy atom. The molecule has 4 nitrogen and oxygen atoms in total. The molecule has 3 rings (SSSR count). The molecule has 0 aliphatic rings. The minimum atomic E-state index is -0.0888. The maximum Gasteiger partial charge on any atom is 0.243 e. The van der Waals surface area contributed by atoms with Crippen molar-refractivity contribution in [3.8, 4) is 0 Å². The lowest BCUT2D eigenvalue weighted by Crippen LogP contribution is -2.21. The van der Waals surface area contributed by atoms with E-state index in [0.29, 0.717) is 0 Å². The molecule has 4 heteroatoms. The van der Waals surface area contributed by atoms with E-state index < -0.39 is 0 Å². The lowest BCUT2D eigenvalue weighted by atomic mass is 10.2. The molecule has 0 saturated heterocycles. The number of hydrogen-bond acceptors (Lipinski definition) is 3. The van der Waals surface area contributed by atoms with Crippen LogP contribution in [0.25, 0.3) is 10.9 Å². The number of hydrogen-bond donors (Lipinski definition) is 2. The summed E-state index contributed by atoms with van der Waals surface area (Å²) < 4.78 is 0. The quantitative estimate of drug-likeness (QED) is 0.769. The molecule has 0 saturated carbocycles. The molecule has 0 bridgehead atoms. The van der Waals surface area contributed by atoms with Gasteiger partial charge in [0.05, 0.1) is 17.7 Å². The van der Waals surface area contributed by atoms with Gasteiger partial charge in [0.15, 0.2) is 0 Å². The monoisotopic (exact) mass is 277 g/mol. The Labute approximate surface area is 122 Å². The summed E-state index contributed by atoms with van der Waals surface area (Å²) in [4.78, 5) is 16.3. The number of carbonyl (C=O) groups is 1. The van der Waals surface area contributed by atoms with Crippen molar-refractivity contribution in [2.75, 3.05) is 17.2 Å². The van der Waals surface area contributed by atoms with E-state index in [-0.39, 0.29) is 12.5 Å². The van der Waals surface area contributed by atoms with Crippen LogP contribution < -0.4 is 10.6 Å². The molecule has 0 unspecified atom stereocenters. The third kappa shape index (κ3) is 3.17. The Hall–Kier alpha value is -2.88. The van der Waals surface area contributed by atoms with Crippen LogP contribution in [0.2, 0.25) is 0 Å². The molecular weight excluding hydrogens is 262 g/mol. The number of amides is 1. The molecule has 1 heterocycles. The molecule has 0 atom stereocenters. The Morgan fingerprint density at radius 3 is 2.62 bits per heavy atom. The average molecular weight is 277 g/mol. The number of fused-ring (bicyclic) bond motifs is 1. The van der Waals surface area contributed by atoms with Crippen molar-refractivity contribution in [1.29, 1.82) is 0 Å². The van der Waals surface area contributed by atoms with E-state index in [2.05, 4.69) is 15.6 Å². The SMILES string of the molecule is O=C(CNc1cccc2cccnc12)Nc1ccccc1. The smallest absolute Gasteiger partial charge is 0.243 e. The third-order valence-electron chi connectivity index (χ3n) is 3.13. The predicted octanol–water partition coefficient (Wildman–Crippen LogP) is 3.29. The summed E-state index contributed by atoms with van der Waals surface area (Å²) in [5.41, 5.74) is 2.52. The summed E-state index contributed by atoms with van der Waals surface area (Å²) in [6.07, 6.45) is 1.75. The maximum atomic E-state index is 11.9. The predicted molar refractivity (Wildman–Crippen MR) is 85.3 cm³/mol. The van der Waals surface area contributed by atoms with Crippen molar-refractivity contribution >= 4 is 28.2 Å². The Morgan fingerprint density at radius 1 is 0.952 bits per heavy atom. The summed E-state index contributed by atoms with van der Waals surface area (Å²) >= 11 is 0. The lowest BCUT2D eigenvalue weighted by Gasteiger charge is -2.09. The van der Waals surface area contributed by atoms with Crippen LogP contribution in [0.1, 0.15) is 0 Å². The number of rotatable bonds is 4. The summed E-state index contributed by atoms with van der Waals surface area (Å²) in [6.45, 7) is 0.199. The van der Waals surface area contributed by atoms with Gasteiger partial charge in [0, 0.05) is 17.3 Å². The fraction of sp³-hybridized carbons (Fsp3) is 0.0588. The van der Waals surface area contributed by atoms with Gasteiger partial charge in [-0.2, -0.15) is 0 Å². The van der Waals surface area contributed by atoms with Gasteiger partial charge >= 0.3 is 0 Å². The molecule has 0 radical (unpaired) electrons. The molecule has 3 aromatic rings. The van der Waals surface area contributed by atoms with E-state index in [1.54, 1.807) is 6.20 Å². The maximum absolute atomic E-state index is 11.9. The highest BCUT2D eigenvalue weighted by atomic mass is 16.1. The lowest BCUT2D eigenvalue weighted by molar-refractivity contribution is -0.114. The minimum Gasteiger partial charge on any atom is -0.374 e. The Kier molecular flexibility index (Phi) is 3.78. The molecule has 0 aliphatic carbocycles. The van der Waals surface area contributed by atoms with Crippen LogP contribution in [0, 0.1) is 0 Å². The molecule has 104 valence electrons. The molecule has 2 N–H and O–H groups in total. The molecule has 2 aromatic carbocycles. The fourth-order valence-electron chi connectivity index (χ4n) is 2.15. The van der Waals surface area contributed by atoms with Crippen molar-refractivity contribution in [3.63, 3.8) is 0 Å². The van der Waals surface area contributed by atoms with Crippen LogP contribution in [-0.2, 0) is 4.79 Å². The number of benzene rings is 2. The van der Waals surface area contributed by atoms with Gasteiger partial charge in [0.2, 0.25) is 5.91 Å². The van der Waals surface area contributed by atoms with Gasteiger partial charge in [-0.25, -0.2) is 0 Å². The van der Waals surface area contributed by atoms with Crippen molar-refractivity contribution in [1.82, 2.24) is 4.98 Å². The van der Waals surface area contributed by atoms with Gasteiger partial charge in [-0.3, -0.25) is 9.78 Å². The van der Waals surface area contributed by atoms with Crippen LogP contribution in [-0.4, -0.2) is 17.4 Å². The first kappa shape index (κ1) is 13.1. The molecule has 0 aliphatic heterocycles. The number of para-hydroxylation sites is 2. The Bertz CT molecular complexity index is 751. The van der Waals surface area contributed by atoms with Gasteiger partial charge in [-0.1, -0.05) is 36.4 Å². The molecule has 21 heavy (non-hydrogen) atoms. The second-order valence-electron chi connectivity index (χ2n) is 4.65. The van der Waals surface area contributed by atoms with Gasteiger partial charge in [0.1, 0.15) is 0 Å². The van der Waals surface area contributed by atoms with Crippen molar-refractivity contribution in [2.45, 2.75) is 0 Å². The standard InChI is InChI=1S/C17H15N3O/c21-16(20-14-8-2-1-3-9-14)12-19-15-10-4-6-13-7-5-11-18-17(13)15/h1-11,19H,12H2,(H,20,21). The summed E-state index contributed by atoms with van der Waals surface area (Å²) in [7, 11) is 0. The van der Waals surface area contributed by atoms with E-state index in [1.807, 2.05) is 60.7 Å². The van der Waals surface area contributed by atoms with Gasteiger partial charge in [-0.05, 0) is 24.3 Å². The number of aromatic nitrogens is 1. The van der Waals surface area contributed by atoms with Gasteiger partial charge < -0.3 is 10.6 Å². The largest absolute Gasteiger partial charge is 0.374 e. The van der Waals surface area contributed by atoms with Crippen LogP contribution in [0.3, 0.4) is 0 Å². The van der Waals surface area contributed by atoms with Crippen molar-refractivity contribution < 1.29 is 4.79 Å². The van der Waals surface area contributed by atoms with Gasteiger partial charge in [-0.15, -0.1) is 0 Å². The average Bonchev–Trinajstić information content (AvgIpc) is 2.54. The topological polar surface area (TPSA) is 54.0 Å². The van der Waals surface area contributed by atoms with Crippen LogP contribution in [0.5, 0.6) is 0 Å². The second kappa shape index (κ2) is 6.05. The molecule has 1 aromatic heterocycles. The summed E-state index contributed by atoms with van der Waals surface area (Å²) in [5.74, 6) is -0.0888. The number of pyridine rings is 1. The van der Waals surface area contributed by atoms with E-state index in [0.717, 1.165) is 22.3 Å². The first-order valence-electron chi connectivity index (χ1n) is 6.75. The van der Waals surface area contributed by atoms with Crippen molar-refractivity contribution in [3.05, 3.63) is 66.9 Å². The molecule has 0 spiro atoms. The number of carbonyl (C=O) groups excluding carboxylic acids is 1. The Balaban J connectivity index is 1.68. The zero-order chi connectivity index (χ0) is 14.5. The third-order valence-corrected chi connectivity index (χ3v) is 3.13. The first-order chi connectivity index (χ1) is 10.3. The highest BCUT2D eigenvalue weighted by Gasteiger charge is 2.05. The van der Waals surface area contributed by atoms with E-state index in [1.165, 1.54) is 0 Å². The molecule has 0 fully saturated rings. The highest BCUT2D eigenvalue weighted by molar-refractivity contribution is 5.96. The summed E-state index contributed by atoms with van der Waals surface area (Å²) in [6, 6.07) is 19.2. The minimum absolute atomic E-state index is 0.0888. The second-order valence-corrected chi connectivity index (χ2v) is 4.65. The highest BCUT2D eigenvalue weighted by Crippen LogP contribution is 2.20. The molecular formula is C17H15N3O. The van der Waals surface area contributed by atoms with Crippen molar-refractivity contribution in [2.24, 2.45) is 0 Å². The van der Waals surface area contributed by atoms with E-state index in [4.69, 9.17) is 0 Å². The normalized spacial score (nSPS) is 10.3. The summed E-state index contributed by atoms with van der Waals surface area (Å²) in [5, 5.41) is 7.02. The van der Waals surface area contributed by atoms with E-state index >= 15 is 0 Å². The van der Waals surface area contributed by atoms with Crippen LogP contribution >= 0.6 is 0 Å². The fourth-order valence-corrected chi connectivity index (χ4v) is 2.15. The number of anilines is 2. The van der Waals surface area contributed by atoms with E-state index in [9.17, 15) is 4.79 Å². The van der Waals surface area contributed by atoms with Gasteiger partial charge in [0.25, 0.3) is 0 Å². The zero-order valence-corrected chi connectivity index (χ0v) is 11.4. The number of nitrogens with zero attached hydrogens (tertiary/aromatic N) is 1. The number of nitrogens with one attached hydrogen (secondary N) is 2. The molecule has 1 amide bonds.